The molecular weight excluding hydrogens is 388 g/mol. The van der Waals surface area contributed by atoms with Gasteiger partial charge in [0.1, 0.15) is 11.8 Å². The standard InChI is InChI=1S/C22H22N2O4S/c1-14(2)28-18-12-10-17(11-13-18)23-22(25)15(3)24-19-8-4-6-16-7-5-9-20(21(16)19)29(24,26)27/h4-15H,1-3H3,(H,23,25). The van der Waals surface area contributed by atoms with Crippen LogP contribution >= 0.6 is 0 Å². The van der Waals surface area contributed by atoms with E-state index in [-0.39, 0.29) is 11.0 Å². The molecule has 7 heteroatoms. The second-order valence-electron chi connectivity index (χ2n) is 7.29. The number of anilines is 2. The van der Waals surface area contributed by atoms with Crippen molar-refractivity contribution >= 4 is 38.1 Å². The lowest BCUT2D eigenvalue weighted by molar-refractivity contribution is -0.116. The van der Waals surface area contributed by atoms with Gasteiger partial charge in [0.2, 0.25) is 5.91 Å². The van der Waals surface area contributed by atoms with Crippen LogP contribution in [0.1, 0.15) is 20.8 Å². The molecule has 1 amide bonds. The molecule has 1 unspecified atom stereocenters. The Kier molecular flexibility index (Phi) is 4.70. The lowest BCUT2D eigenvalue weighted by atomic mass is 10.1. The first-order chi connectivity index (χ1) is 13.8. The molecule has 0 spiro atoms. The lowest BCUT2D eigenvalue weighted by Crippen LogP contribution is -2.43. The highest BCUT2D eigenvalue weighted by atomic mass is 32.2. The third-order valence-electron chi connectivity index (χ3n) is 4.84. The van der Waals surface area contributed by atoms with Crippen LogP contribution in [0.5, 0.6) is 5.75 Å². The summed E-state index contributed by atoms with van der Waals surface area (Å²) in [6, 6.07) is 16.7. The summed E-state index contributed by atoms with van der Waals surface area (Å²) < 4.78 is 33.1. The van der Waals surface area contributed by atoms with Crippen LogP contribution in [0.3, 0.4) is 0 Å². The van der Waals surface area contributed by atoms with Crippen LogP contribution in [-0.4, -0.2) is 26.5 Å². The highest BCUT2D eigenvalue weighted by molar-refractivity contribution is 7.93. The Morgan fingerprint density at radius 3 is 2.28 bits per heavy atom. The number of sulfonamides is 1. The van der Waals surface area contributed by atoms with Gasteiger partial charge in [0.15, 0.2) is 0 Å². The smallest absolute Gasteiger partial charge is 0.265 e. The molecule has 1 heterocycles. The van der Waals surface area contributed by atoms with E-state index in [4.69, 9.17) is 4.74 Å². The molecule has 0 aromatic heterocycles. The summed E-state index contributed by atoms with van der Waals surface area (Å²) in [4.78, 5) is 13.1. The maximum Gasteiger partial charge on any atom is 0.265 e. The molecule has 3 aromatic carbocycles. The topological polar surface area (TPSA) is 75.7 Å². The molecule has 0 radical (unpaired) electrons. The molecule has 3 aromatic rings. The third kappa shape index (κ3) is 3.31. The van der Waals surface area contributed by atoms with E-state index in [2.05, 4.69) is 5.32 Å². The van der Waals surface area contributed by atoms with E-state index in [1.165, 1.54) is 4.31 Å². The van der Waals surface area contributed by atoms with Crippen LogP contribution in [0.15, 0.2) is 65.6 Å². The summed E-state index contributed by atoms with van der Waals surface area (Å²) in [7, 11) is -3.80. The molecule has 150 valence electrons. The number of amides is 1. The zero-order chi connectivity index (χ0) is 20.8. The molecule has 0 bridgehead atoms. The van der Waals surface area contributed by atoms with Crippen LogP contribution in [-0.2, 0) is 14.8 Å². The fourth-order valence-corrected chi connectivity index (χ4v) is 5.45. The Morgan fingerprint density at radius 2 is 1.62 bits per heavy atom. The maximum atomic E-state index is 13.1. The van der Waals surface area contributed by atoms with Crippen LogP contribution in [0, 0.1) is 0 Å². The van der Waals surface area contributed by atoms with Gasteiger partial charge >= 0.3 is 0 Å². The first-order valence-corrected chi connectivity index (χ1v) is 10.9. The Hall–Kier alpha value is -3.06. The van der Waals surface area contributed by atoms with Crippen molar-refractivity contribution in [3.8, 4) is 5.75 Å². The molecule has 4 rings (SSSR count). The van der Waals surface area contributed by atoms with Gasteiger partial charge in [-0.15, -0.1) is 0 Å². The lowest BCUT2D eigenvalue weighted by Gasteiger charge is -2.25. The molecule has 0 fully saturated rings. The van der Waals surface area contributed by atoms with E-state index in [0.29, 0.717) is 22.5 Å². The second kappa shape index (κ2) is 7.08. The number of carbonyl (C=O) groups is 1. The van der Waals surface area contributed by atoms with Crippen molar-refractivity contribution in [2.45, 2.75) is 37.8 Å². The number of ether oxygens (including phenoxy) is 1. The number of hydrogen-bond donors (Lipinski definition) is 1. The van der Waals surface area contributed by atoms with Crippen LogP contribution in [0.25, 0.3) is 10.8 Å². The van der Waals surface area contributed by atoms with Gasteiger partial charge in [-0.05, 0) is 62.6 Å². The second-order valence-corrected chi connectivity index (χ2v) is 9.07. The Bertz CT molecular complexity index is 1180. The molecule has 1 aliphatic rings. The first-order valence-electron chi connectivity index (χ1n) is 9.43. The normalized spacial score (nSPS) is 15.5. The number of benzene rings is 3. The summed E-state index contributed by atoms with van der Waals surface area (Å²) in [5.41, 5.74) is 1.10. The first kappa shape index (κ1) is 19.3. The van der Waals surface area contributed by atoms with Crippen molar-refractivity contribution in [1.29, 1.82) is 0 Å². The zero-order valence-corrected chi connectivity index (χ0v) is 17.2. The Balaban J connectivity index is 1.61. The average molecular weight is 410 g/mol. The van der Waals surface area contributed by atoms with Crippen molar-refractivity contribution in [1.82, 2.24) is 0 Å². The fraction of sp³-hybridized carbons (Fsp3) is 0.227. The summed E-state index contributed by atoms with van der Waals surface area (Å²) in [5, 5.41) is 4.29. The Labute approximate surface area is 170 Å². The summed E-state index contributed by atoms with van der Waals surface area (Å²) in [6.45, 7) is 5.46. The summed E-state index contributed by atoms with van der Waals surface area (Å²) in [6.07, 6.45) is 0.0557. The van der Waals surface area contributed by atoms with Gasteiger partial charge in [0.25, 0.3) is 10.0 Å². The SMILES string of the molecule is CC(C)Oc1ccc(NC(=O)C(C)N2c3cccc4cccc(c34)S2(=O)=O)cc1. The predicted octanol–water partition coefficient (Wildman–Crippen LogP) is 4.16. The van der Waals surface area contributed by atoms with Gasteiger partial charge in [-0.2, -0.15) is 0 Å². The number of rotatable bonds is 5. The monoisotopic (exact) mass is 410 g/mol. The summed E-state index contributed by atoms with van der Waals surface area (Å²) >= 11 is 0. The van der Waals surface area contributed by atoms with Crippen molar-refractivity contribution in [2.75, 3.05) is 9.62 Å². The molecule has 6 nitrogen and oxygen atoms in total. The highest BCUT2D eigenvalue weighted by Crippen LogP contribution is 2.43. The molecule has 0 saturated carbocycles. The predicted molar refractivity (Wildman–Crippen MR) is 114 cm³/mol. The third-order valence-corrected chi connectivity index (χ3v) is 6.77. The Morgan fingerprint density at radius 1 is 0.966 bits per heavy atom. The van der Waals surface area contributed by atoms with E-state index in [1.54, 1.807) is 55.5 Å². The van der Waals surface area contributed by atoms with Crippen molar-refractivity contribution < 1.29 is 17.9 Å². The minimum atomic E-state index is -3.80. The minimum Gasteiger partial charge on any atom is -0.491 e. The van der Waals surface area contributed by atoms with E-state index < -0.39 is 22.0 Å². The zero-order valence-electron chi connectivity index (χ0n) is 16.4. The van der Waals surface area contributed by atoms with Gasteiger partial charge in [-0.25, -0.2) is 8.42 Å². The van der Waals surface area contributed by atoms with Crippen LogP contribution in [0.4, 0.5) is 11.4 Å². The quantitative estimate of drug-likeness (QED) is 0.685. The van der Waals surface area contributed by atoms with Gasteiger partial charge in [-0.1, -0.05) is 24.3 Å². The molecule has 0 aliphatic carbocycles. The largest absolute Gasteiger partial charge is 0.491 e. The van der Waals surface area contributed by atoms with E-state index in [9.17, 15) is 13.2 Å². The van der Waals surface area contributed by atoms with E-state index in [1.807, 2.05) is 26.0 Å². The molecule has 1 aliphatic heterocycles. The highest BCUT2D eigenvalue weighted by Gasteiger charge is 2.40. The summed E-state index contributed by atoms with van der Waals surface area (Å²) in [5.74, 6) is 0.297. The maximum absolute atomic E-state index is 13.1. The van der Waals surface area contributed by atoms with Crippen molar-refractivity contribution in [3.05, 3.63) is 60.7 Å². The molecule has 29 heavy (non-hydrogen) atoms. The fourth-order valence-electron chi connectivity index (χ4n) is 3.58. The van der Waals surface area contributed by atoms with E-state index >= 15 is 0 Å². The molecule has 1 atom stereocenters. The minimum absolute atomic E-state index is 0.0557. The number of carbonyl (C=O) groups excluding carboxylic acids is 1. The number of nitrogens with one attached hydrogen (secondary N) is 1. The average Bonchev–Trinajstić information content (AvgIpc) is 2.91. The van der Waals surface area contributed by atoms with Gasteiger partial charge in [0.05, 0.1) is 16.7 Å². The van der Waals surface area contributed by atoms with Crippen LogP contribution in [0.2, 0.25) is 0 Å². The van der Waals surface area contributed by atoms with Gasteiger partial charge in [0, 0.05) is 11.1 Å². The van der Waals surface area contributed by atoms with Gasteiger partial charge < -0.3 is 10.1 Å². The van der Waals surface area contributed by atoms with Crippen molar-refractivity contribution in [2.24, 2.45) is 0 Å². The number of hydrogen-bond acceptors (Lipinski definition) is 4. The number of nitrogens with zero attached hydrogens (tertiary/aromatic N) is 1. The van der Waals surface area contributed by atoms with E-state index in [0.717, 1.165) is 5.39 Å². The molecule has 0 saturated heterocycles. The molecule has 1 N–H and O–H groups in total. The molecular formula is C22H22N2O4S. The van der Waals surface area contributed by atoms with Crippen molar-refractivity contribution in [3.63, 3.8) is 0 Å². The van der Waals surface area contributed by atoms with Crippen LogP contribution < -0.4 is 14.4 Å². The van der Waals surface area contributed by atoms with Gasteiger partial charge in [-0.3, -0.25) is 9.10 Å².